The lowest BCUT2D eigenvalue weighted by atomic mass is 9.52. The molecular formula is C20H18O3. The Labute approximate surface area is 135 Å². The van der Waals surface area contributed by atoms with E-state index in [1.54, 1.807) is 0 Å². The number of esters is 2. The summed E-state index contributed by atoms with van der Waals surface area (Å²) in [5, 5.41) is 0. The van der Waals surface area contributed by atoms with E-state index in [9.17, 15) is 9.59 Å². The van der Waals surface area contributed by atoms with Crippen LogP contribution in [0.15, 0.2) is 54.6 Å². The van der Waals surface area contributed by atoms with Gasteiger partial charge in [0.15, 0.2) is 0 Å². The molecule has 3 heteroatoms. The fourth-order valence-electron chi connectivity index (χ4n) is 4.61. The molecular weight excluding hydrogens is 288 g/mol. The Bertz CT molecular complexity index is 821. The Morgan fingerprint density at radius 2 is 1.26 bits per heavy atom. The summed E-state index contributed by atoms with van der Waals surface area (Å²) in [6, 6.07) is 17.6. The summed E-state index contributed by atoms with van der Waals surface area (Å²) in [7, 11) is 0. The average molecular weight is 306 g/mol. The van der Waals surface area contributed by atoms with Crippen LogP contribution in [0.5, 0.6) is 0 Å². The molecule has 1 unspecified atom stereocenters. The van der Waals surface area contributed by atoms with Gasteiger partial charge in [0.1, 0.15) is 0 Å². The maximum Gasteiger partial charge on any atom is 0.336 e. The van der Waals surface area contributed by atoms with Crippen LogP contribution < -0.4 is 0 Å². The Kier molecular flexibility index (Phi) is 2.53. The van der Waals surface area contributed by atoms with E-state index in [1.807, 2.05) is 61.5 Å². The van der Waals surface area contributed by atoms with Gasteiger partial charge in [0.2, 0.25) is 5.41 Å². The van der Waals surface area contributed by atoms with Crippen molar-refractivity contribution in [3.05, 3.63) is 71.3 Å². The first-order chi connectivity index (χ1) is 10.9. The molecule has 1 spiro atoms. The molecule has 0 saturated carbocycles. The average Bonchev–Trinajstić information content (AvgIpc) is 2.73. The van der Waals surface area contributed by atoms with E-state index in [2.05, 4.69) is 13.8 Å². The van der Waals surface area contributed by atoms with Crippen molar-refractivity contribution in [3.63, 3.8) is 0 Å². The van der Waals surface area contributed by atoms with Crippen molar-refractivity contribution < 1.29 is 14.3 Å². The van der Waals surface area contributed by atoms with Crippen LogP contribution in [0.1, 0.15) is 37.5 Å². The molecule has 1 atom stereocenters. The molecule has 116 valence electrons. The Balaban J connectivity index is 2.13. The third-order valence-electron chi connectivity index (χ3n) is 6.15. The van der Waals surface area contributed by atoms with Gasteiger partial charge in [-0.25, -0.2) is 9.59 Å². The van der Waals surface area contributed by atoms with Gasteiger partial charge >= 0.3 is 11.9 Å². The zero-order valence-electron chi connectivity index (χ0n) is 13.4. The van der Waals surface area contributed by atoms with Crippen molar-refractivity contribution in [1.82, 2.24) is 0 Å². The summed E-state index contributed by atoms with van der Waals surface area (Å²) >= 11 is 0. The van der Waals surface area contributed by atoms with Gasteiger partial charge in [0.25, 0.3) is 0 Å². The van der Waals surface area contributed by atoms with Crippen LogP contribution in [0, 0.1) is 0 Å². The topological polar surface area (TPSA) is 43.4 Å². The molecule has 4 rings (SSSR count). The molecule has 2 aromatic rings. The van der Waals surface area contributed by atoms with E-state index in [0.717, 1.165) is 16.7 Å². The first-order valence-corrected chi connectivity index (χ1v) is 7.80. The van der Waals surface area contributed by atoms with Gasteiger partial charge in [-0.3, -0.25) is 0 Å². The predicted octanol–water partition coefficient (Wildman–Crippen LogP) is 3.26. The molecule has 1 aliphatic heterocycles. The lowest BCUT2D eigenvalue weighted by Crippen LogP contribution is -2.68. The van der Waals surface area contributed by atoms with Gasteiger partial charge in [0, 0.05) is 10.8 Å². The Morgan fingerprint density at radius 3 is 1.83 bits per heavy atom. The molecule has 2 aliphatic rings. The number of fused-ring (bicyclic) bond motifs is 2. The Morgan fingerprint density at radius 1 is 0.739 bits per heavy atom. The standard InChI is InChI=1S/C20H18O3/c1-18(2)14-11-7-8-12-15(14)20(16(21)23-17(20)22)19(18,3)13-9-5-4-6-10-13/h4-12H,1-3H3. The van der Waals surface area contributed by atoms with Crippen LogP contribution in [0.2, 0.25) is 0 Å². The van der Waals surface area contributed by atoms with Crippen molar-refractivity contribution in [3.8, 4) is 0 Å². The number of carbonyl (C=O) groups is 2. The molecule has 2 aromatic carbocycles. The fraction of sp³-hybridized carbons (Fsp3) is 0.300. The number of benzene rings is 2. The fourth-order valence-corrected chi connectivity index (χ4v) is 4.61. The van der Waals surface area contributed by atoms with Gasteiger partial charge in [0.05, 0.1) is 0 Å². The van der Waals surface area contributed by atoms with Crippen LogP contribution in [-0.2, 0) is 30.6 Å². The van der Waals surface area contributed by atoms with Gasteiger partial charge in [-0.15, -0.1) is 0 Å². The first kappa shape index (κ1) is 14.2. The molecule has 1 fully saturated rings. The maximum atomic E-state index is 12.7. The molecule has 23 heavy (non-hydrogen) atoms. The minimum Gasteiger partial charge on any atom is -0.391 e. The van der Waals surface area contributed by atoms with Crippen LogP contribution in [0.4, 0.5) is 0 Å². The third kappa shape index (κ3) is 1.29. The van der Waals surface area contributed by atoms with E-state index in [-0.39, 0.29) is 5.41 Å². The monoisotopic (exact) mass is 306 g/mol. The van der Waals surface area contributed by atoms with E-state index in [4.69, 9.17) is 4.74 Å². The summed E-state index contributed by atoms with van der Waals surface area (Å²) in [4.78, 5) is 25.3. The van der Waals surface area contributed by atoms with Crippen molar-refractivity contribution >= 4 is 11.9 Å². The molecule has 0 radical (unpaired) electrons. The van der Waals surface area contributed by atoms with Crippen molar-refractivity contribution in [2.45, 2.75) is 37.0 Å². The van der Waals surface area contributed by atoms with Crippen molar-refractivity contribution in [2.24, 2.45) is 0 Å². The molecule has 3 nitrogen and oxygen atoms in total. The molecule has 0 aromatic heterocycles. The van der Waals surface area contributed by atoms with E-state index < -0.39 is 22.8 Å². The smallest absolute Gasteiger partial charge is 0.336 e. The minimum absolute atomic E-state index is 0.389. The highest BCUT2D eigenvalue weighted by molar-refractivity contribution is 6.22. The third-order valence-corrected chi connectivity index (χ3v) is 6.15. The highest BCUT2D eigenvalue weighted by Gasteiger charge is 2.78. The summed E-state index contributed by atoms with van der Waals surface area (Å²) < 4.78 is 4.87. The zero-order chi connectivity index (χ0) is 16.5. The van der Waals surface area contributed by atoms with Crippen LogP contribution in [0.25, 0.3) is 0 Å². The second kappa shape index (κ2) is 4.10. The largest absolute Gasteiger partial charge is 0.391 e. The number of hydrogen-bond acceptors (Lipinski definition) is 3. The zero-order valence-corrected chi connectivity index (χ0v) is 13.4. The van der Waals surface area contributed by atoms with Gasteiger partial charge in [-0.2, -0.15) is 0 Å². The molecule has 1 heterocycles. The predicted molar refractivity (Wildman–Crippen MR) is 86.0 cm³/mol. The van der Waals surface area contributed by atoms with Crippen LogP contribution in [0.3, 0.4) is 0 Å². The molecule has 1 aliphatic carbocycles. The number of rotatable bonds is 1. The second-order valence-electron chi connectivity index (χ2n) is 7.09. The van der Waals surface area contributed by atoms with E-state index >= 15 is 0 Å². The van der Waals surface area contributed by atoms with Gasteiger partial charge in [-0.1, -0.05) is 75.4 Å². The SMILES string of the molecule is CC1(C)c2ccccc2C2(C(=O)OC2=O)C1(C)c1ccccc1. The summed E-state index contributed by atoms with van der Waals surface area (Å²) in [6.45, 7) is 6.22. The van der Waals surface area contributed by atoms with Crippen molar-refractivity contribution in [2.75, 3.05) is 0 Å². The number of hydrogen-bond donors (Lipinski definition) is 0. The lowest BCUT2D eigenvalue weighted by molar-refractivity contribution is -0.193. The Hall–Kier alpha value is -2.42. The minimum atomic E-state index is -1.24. The first-order valence-electron chi connectivity index (χ1n) is 7.80. The highest BCUT2D eigenvalue weighted by atomic mass is 16.6. The van der Waals surface area contributed by atoms with Crippen molar-refractivity contribution in [1.29, 1.82) is 0 Å². The van der Waals surface area contributed by atoms with Gasteiger partial charge in [-0.05, 0) is 16.7 Å². The van der Waals surface area contributed by atoms with Crippen LogP contribution >= 0.6 is 0 Å². The summed E-state index contributed by atoms with van der Waals surface area (Å²) in [6.07, 6.45) is 0. The highest BCUT2D eigenvalue weighted by Crippen LogP contribution is 2.65. The molecule has 0 amide bonds. The number of carbonyl (C=O) groups excluding carboxylic acids is 2. The summed E-state index contributed by atoms with van der Waals surface area (Å²) in [5.41, 5.74) is 0.478. The number of cyclic esters (lactones) is 2. The lowest BCUT2D eigenvalue weighted by Gasteiger charge is -2.50. The van der Waals surface area contributed by atoms with E-state index in [1.165, 1.54) is 0 Å². The summed E-state index contributed by atoms with van der Waals surface area (Å²) in [5.74, 6) is -0.876. The normalized spacial score (nSPS) is 26.6. The van der Waals surface area contributed by atoms with Crippen LogP contribution in [-0.4, -0.2) is 11.9 Å². The molecule has 1 saturated heterocycles. The number of ether oxygens (including phenoxy) is 1. The molecule has 0 N–H and O–H groups in total. The maximum absolute atomic E-state index is 12.7. The van der Waals surface area contributed by atoms with Gasteiger partial charge < -0.3 is 4.74 Å². The molecule has 0 bridgehead atoms. The quantitative estimate of drug-likeness (QED) is 0.600. The second-order valence-corrected chi connectivity index (χ2v) is 7.09. The van der Waals surface area contributed by atoms with E-state index in [0.29, 0.717) is 0 Å².